The van der Waals surface area contributed by atoms with Gasteiger partial charge in [0.05, 0.1) is 0 Å². The monoisotopic (exact) mass is 512 g/mol. The smallest absolute Gasteiger partial charge is 1.00 e. The summed E-state index contributed by atoms with van der Waals surface area (Å²) >= 11 is 0. The van der Waals surface area contributed by atoms with Crippen LogP contribution in [0.2, 0.25) is 0 Å². The molecule has 1 aliphatic rings. The van der Waals surface area contributed by atoms with E-state index in [-0.39, 0.29) is 73.3 Å². The van der Waals surface area contributed by atoms with Crippen molar-refractivity contribution in [3.05, 3.63) is 118 Å². The summed E-state index contributed by atoms with van der Waals surface area (Å²) in [5, 5.41) is 5.33. The molecule has 3 heteroatoms. The molecule has 30 heavy (non-hydrogen) atoms. The van der Waals surface area contributed by atoms with Crippen LogP contribution in [0.4, 0.5) is 0 Å². The Morgan fingerprint density at radius 3 is 1.93 bits per heavy atom. The second-order valence-corrected chi connectivity index (χ2v) is 5.90. The molecule has 0 amide bonds. The van der Waals surface area contributed by atoms with Crippen molar-refractivity contribution < 1.29 is 51.0 Å². The molecule has 0 aromatic heterocycles. The van der Waals surface area contributed by atoms with E-state index in [9.17, 15) is 0 Å². The Kier molecular flexibility index (Phi) is 17.9. The summed E-state index contributed by atoms with van der Waals surface area (Å²) in [7, 11) is 0. The molecular formula is C27H28Cl2Zr-4. The molecule has 0 heterocycles. The van der Waals surface area contributed by atoms with Gasteiger partial charge in [0.2, 0.25) is 0 Å². The SMILES string of the molecule is C.[C-]1=CC=CC1.[CH3-].[CH3-].[Cl-].[Cl-].[Zr+2].c1ccc(-c2ccc3c(c2)[cH-]c2ccccc23)cc1. The molecule has 0 N–H and O–H groups in total. The van der Waals surface area contributed by atoms with Gasteiger partial charge in [-0.15, -0.1) is 46.2 Å². The molecule has 4 aromatic carbocycles. The largest absolute Gasteiger partial charge is 2.00 e. The normalized spacial score (nSPS) is 10.0. The predicted molar refractivity (Wildman–Crippen MR) is 124 cm³/mol. The van der Waals surface area contributed by atoms with Gasteiger partial charge in [-0.2, -0.15) is 6.08 Å². The summed E-state index contributed by atoms with van der Waals surface area (Å²) < 4.78 is 0. The van der Waals surface area contributed by atoms with Gasteiger partial charge in [-0.25, -0.2) is 12.2 Å². The van der Waals surface area contributed by atoms with Crippen molar-refractivity contribution in [1.82, 2.24) is 0 Å². The fraction of sp³-hybridized carbons (Fsp3) is 0.0741. The summed E-state index contributed by atoms with van der Waals surface area (Å²) in [6, 6.07) is 28.1. The van der Waals surface area contributed by atoms with Crippen molar-refractivity contribution >= 4 is 21.5 Å². The Bertz CT molecular complexity index is 1020. The van der Waals surface area contributed by atoms with Crippen LogP contribution in [-0.4, -0.2) is 0 Å². The summed E-state index contributed by atoms with van der Waals surface area (Å²) in [6.45, 7) is 0. The van der Waals surface area contributed by atoms with Crippen LogP contribution in [0.5, 0.6) is 0 Å². The summed E-state index contributed by atoms with van der Waals surface area (Å²) in [4.78, 5) is 0. The van der Waals surface area contributed by atoms with Crippen molar-refractivity contribution in [2.75, 3.05) is 0 Å². The fourth-order valence-corrected chi connectivity index (χ4v) is 3.11. The first-order chi connectivity index (χ1) is 11.9. The topological polar surface area (TPSA) is 0 Å². The Labute approximate surface area is 214 Å². The minimum Gasteiger partial charge on any atom is -1.00 e. The van der Waals surface area contributed by atoms with Gasteiger partial charge in [-0.05, 0) is 5.56 Å². The van der Waals surface area contributed by atoms with Crippen LogP contribution in [0, 0.1) is 20.9 Å². The summed E-state index contributed by atoms with van der Waals surface area (Å²) in [6.07, 6.45) is 10.0. The molecule has 0 nitrogen and oxygen atoms in total. The molecular weight excluding hydrogens is 486 g/mol. The Morgan fingerprint density at radius 1 is 0.700 bits per heavy atom. The van der Waals surface area contributed by atoms with Crippen LogP contribution >= 0.6 is 0 Å². The predicted octanol–water partition coefficient (Wildman–Crippen LogP) is 2.23. The van der Waals surface area contributed by atoms with E-state index in [1.54, 1.807) is 0 Å². The van der Waals surface area contributed by atoms with E-state index in [1.165, 1.54) is 32.7 Å². The third kappa shape index (κ3) is 7.62. The second kappa shape index (κ2) is 16.2. The minimum atomic E-state index is 0. The maximum atomic E-state index is 2.99. The average molecular weight is 515 g/mol. The van der Waals surface area contributed by atoms with Crippen LogP contribution in [0.25, 0.3) is 32.7 Å². The van der Waals surface area contributed by atoms with E-state index in [1.807, 2.05) is 12.2 Å². The second-order valence-electron chi connectivity index (χ2n) is 5.90. The van der Waals surface area contributed by atoms with Crippen LogP contribution in [0.15, 0.2) is 97.1 Å². The average Bonchev–Trinajstić information content (AvgIpc) is 3.33. The molecule has 0 atom stereocenters. The number of rotatable bonds is 1. The van der Waals surface area contributed by atoms with Gasteiger partial charge in [0.25, 0.3) is 0 Å². The van der Waals surface area contributed by atoms with E-state index in [4.69, 9.17) is 0 Å². The van der Waals surface area contributed by atoms with Gasteiger partial charge in [0.1, 0.15) is 0 Å². The molecule has 0 saturated carbocycles. The Balaban J connectivity index is -0.000000594. The Hall–Kier alpha value is -1.53. The van der Waals surface area contributed by atoms with Gasteiger partial charge < -0.3 is 39.7 Å². The zero-order chi connectivity index (χ0) is 16.2. The van der Waals surface area contributed by atoms with Crippen molar-refractivity contribution in [3.63, 3.8) is 0 Å². The van der Waals surface area contributed by atoms with Gasteiger partial charge in [0, 0.05) is 0 Å². The van der Waals surface area contributed by atoms with E-state index >= 15 is 0 Å². The molecule has 0 aliphatic heterocycles. The summed E-state index contributed by atoms with van der Waals surface area (Å²) in [5.41, 5.74) is 2.55. The molecule has 0 bridgehead atoms. The van der Waals surface area contributed by atoms with Gasteiger partial charge >= 0.3 is 26.2 Å². The number of allylic oxidation sites excluding steroid dienone is 4. The molecule has 5 rings (SSSR count). The van der Waals surface area contributed by atoms with Gasteiger partial charge in [-0.1, -0.05) is 73.7 Å². The molecule has 0 spiro atoms. The first-order valence-electron chi connectivity index (χ1n) is 8.27. The van der Waals surface area contributed by atoms with Crippen LogP contribution in [0.3, 0.4) is 0 Å². The van der Waals surface area contributed by atoms with E-state index in [0.29, 0.717) is 0 Å². The van der Waals surface area contributed by atoms with Crippen LogP contribution < -0.4 is 24.8 Å². The first kappa shape index (κ1) is 33.1. The van der Waals surface area contributed by atoms with Crippen LogP contribution in [0.1, 0.15) is 13.8 Å². The number of benzene rings is 3. The first-order valence-corrected chi connectivity index (χ1v) is 8.27. The molecule has 0 saturated heterocycles. The zero-order valence-electron chi connectivity index (χ0n) is 16.7. The third-order valence-electron chi connectivity index (χ3n) is 4.31. The minimum absolute atomic E-state index is 0. The van der Waals surface area contributed by atoms with Crippen molar-refractivity contribution in [2.24, 2.45) is 0 Å². The quantitative estimate of drug-likeness (QED) is 0.342. The van der Waals surface area contributed by atoms with Crippen molar-refractivity contribution in [1.29, 1.82) is 0 Å². The fourth-order valence-electron chi connectivity index (χ4n) is 3.11. The molecule has 0 unspecified atom stereocenters. The van der Waals surface area contributed by atoms with Crippen molar-refractivity contribution in [3.8, 4) is 11.1 Å². The number of hydrogen-bond donors (Lipinski definition) is 0. The third-order valence-corrected chi connectivity index (χ3v) is 4.31. The maximum Gasteiger partial charge on any atom is 2.00 e. The van der Waals surface area contributed by atoms with Gasteiger partial charge in [-0.3, -0.25) is 6.08 Å². The zero-order valence-corrected chi connectivity index (χ0v) is 20.7. The van der Waals surface area contributed by atoms with E-state index in [2.05, 4.69) is 91.0 Å². The molecule has 4 aromatic rings. The molecule has 0 fully saturated rings. The molecule has 158 valence electrons. The van der Waals surface area contributed by atoms with E-state index < -0.39 is 0 Å². The standard InChI is InChI=1S/C19H13.C5H5.CH4.2CH3.2ClH.Zr/c1-2-6-14(7-3-1)15-10-11-19-17(12-15)13-16-8-4-5-9-18(16)19;1-2-4-5-3-1;;;;;;/h1-13H;1-3H,4H2;1H4;2*1H3;2*1H;/q2*-1;;2*-1;;;+2/p-2. The number of halogens is 2. The number of fused-ring (bicyclic) bond motifs is 3. The van der Waals surface area contributed by atoms with E-state index in [0.717, 1.165) is 6.42 Å². The van der Waals surface area contributed by atoms with Crippen molar-refractivity contribution in [2.45, 2.75) is 13.8 Å². The number of hydrogen-bond acceptors (Lipinski definition) is 0. The molecule has 1 aliphatic carbocycles. The van der Waals surface area contributed by atoms with Gasteiger partial charge in [0.15, 0.2) is 0 Å². The summed E-state index contributed by atoms with van der Waals surface area (Å²) in [5.74, 6) is 0. The Morgan fingerprint density at radius 2 is 1.33 bits per heavy atom. The molecule has 0 radical (unpaired) electrons. The maximum absolute atomic E-state index is 2.99. The van der Waals surface area contributed by atoms with Crippen LogP contribution in [-0.2, 0) is 26.2 Å².